The topological polar surface area (TPSA) is 149 Å². The first-order valence-corrected chi connectivity index (χ1v) is 16.1. The third kappa shape index (κ3) is 6.74. The minimum atomic E-state index is -1.13. The second-order valence-electron chi connectivity index (χ2n) is 12.6. The van der Waals surface area contributed by atoms with E-state index in [1.807, 2.05) is 0 Å². The lowest BCUT2D eigenvalue weighted by Crippen LogP contribution is -2.56. The van der Waals surface area contributed by atoms with Gasteiger partial charge in [-0.2, -0.15) is 0 Å². The Morgan fingerprint density at radius 3 is 2.46 bits per heavy atom. The van der Waals surface area contributed by atoms with Gasteiger partial charge in [0.05, 0.1) is 12.1 Å². The van der Waals surface area contributed by atoms with Crippen molar-refractivity contribution in [2.24, 2.45) is 23.7 Å². The van der Waals surface area contributed by atoms with Crippen molar-refractivity contribution in [1.82, 2.24) is 15.2 Å². The number of para-hydroxylation sites is 1. The number of esters is 1. The number of nitrogens with zero attached hydrogens (tertiary/aromatic N) is 1. The summed E-state index contributed by atoms with van der Waals surface area (Å²) in [7, 11) is 1.25. The SMILES string of the molecule is COC(=O)/C=C/CCC(NC(=O)c1oc2ccccc2c1Cl)C(=O)Nc1cccn(CC(=O)NC2C3CC4CC(C3)CC2C4)c1=O. The maximum absolute atomic E-state index is 13.5. The molecule has 12 heteroatoms. The molecule has 1 aromatic carbocycles. The van der Waals surface area contributed by atoms with Crippen LogP contribution in [-0.4, -0.2) is 47.5 Å². The number of fused-ring (bicyclic) bond motifs is 1. The Hall–Kier alpha value is -4.38. The van der Waals surface area contributed by atoms with E-state index in [-0.39, 0.29) is 47.8 Å². The highest BCUT2D eigenvalue weighted by atomic mass is 35.5. The van der Waals surface area contributed by atoms with Gasteiger partial charge in [0, 0.05) is 23.7 Å². The number of furan rings is 1. The third-order valence-electron chi connectivity index (χ3n) is 9.59. The van der Waals surface area contributed by atoms with Gasteiger partial charge in [-0.1, -0.05) is 29.8 Å². The summed E-state index contributed by atoms with van der Waals surface area (Å²) in [5, 5.41) is 9.12. The van der Waals surface area contributed by atoms with Gasteiger partial charge < -0.3 is 29.7 Å². The van der Waals surface area contributed by atoms with E-state index in [2.05, 4.69) is 20.7 Å². The van der Waals surface area contributed by atoms with Crippen LogP contribution >= 0.6 is 11.6 Å². The van der Waals surface area contributed by atoms with Crippen LogP contribution in [0.2, 0.25) is 5.02 Å². The second kappa shape index (κ2) is 13.5. The molecule has 4 bridgehead atoms. The number of hydrogen-bond acceptors (Lipinski definition) is 7. The molecule has 46 heavy (non-hydrogen) atoms. The molecule has 4 fully saturated rings. The first-order valence-electron chi connectivity index (χ1n) is 15.7. The van der Waals surface area contributed by atoms with E-state index in [0.717, 1.165) is 37.5 Å². The molecule has 4 aliphatic carbocycles. The second-order valence-corrected chi connectivity index (χ2v) is 13.0. The van der Waals surface area contributed by atoms with Crippen molar-refractivity contribution in [2.45, 2.75) is 63.6 Å². The van der Waals surface area contributed by atoms with Gasteiger partial charge >= 0.3 is 5.97 Å². The number of nitrogens with one attached hydrogen (secondary N) is 3. The third-order valence-corrected chi connectivity index (χ3v) is 9.96. The van der Waals surface area contributed by atoms with Gasteiger partial charge in [0.25, 0.3) is 11.5 Å². The van der Waals surface area contributed by atoms with E-state index in [9.17, 15) is 24.0 Å². The smallest absolute Gasteiger partial charge is 0.330 e. The normalized spacial score (nSPS) is 23.7. The van der Waals surface area contributed by atoms with Crippen LogP contribution in [0, 0.1) is 23.7 Å². The van der Waals surface area contributed by atoms with Crippen molar-refractivity contribution in [2.75, 3.05) is 12.4 Å². The summed E-state index contributed by atoms with van der Waals surface area (Å²) >= 11 is 6.40. The Bertz CT molecular complexity index is 1720. The average molecular weight is 649 g/mol. The molecule has 11 nitrogen and oxygen atoms in total. The number of aromatic nitrogens is 1. The van der Waals surface area contributed by atoms with Crippen molar-refractivity contribution >= 4 is 51.9 Å². The average Bonchev–Trinajstić information content (AvgIpc) is 3.38. The lowest BCUT2D eigenvalue weighted by atomic mass is 9.54. The zero-order valence-electron chi connectivity index (χ0n) is 25.5. The Morgan fingerprint density at radius 1 is 1.04 bits per heavy atom. The molecule has 3 N–H and O–H groups in total. The molecule has 1 unspecified atom stereocenters. The molecule has 0 aliphatic heterocycles. The Morgan fingerprint density at radius 2 is 1.76 bits per heavy atom. The highest BCUT2D eigenvalue weighted by Crippen LogP contribution is 2.53. The number of pyridine rings is 1. The van der Waals surface area contributed by atoms with E-state index in [1.165, 1.54) is 42.5 Å². The Kier molecular flexibility index (Phi) is 9.30. The zero-order chi connectivity index (χ0) is 32.4. The molecule has 7 rings (SSSR count). The molecular formula is C34H37ClN4O7. The van der Waals surface area contributed by atoms with Gasteiger partial charge in [-0.05, 0) is 92.9 Å². The fourth-order valence-electron chi connectivity index (χ4n) is 7.69. The summed E-state index contributed by atoms with van der Waals surface area (Å²) in [6.45, 7) is -0.172. The summed E-state index contributed by atoms with van der Waals surface area (Å²) in [5.74, 6) is 0.254. The molecule has 3 aromatic rings. The molecule has 0 spiro atoms. The lowest BCUT2D eigenvalue weighted by molar-refractivity contribution is -0.134. The Labute approximate surface area is 270 Å². The number of benzene rings is 1. The number of amides is 3. The highest BCUT2D eigenvalue weighted by Gasteiger charge is 2.48. The van der Waals surface area contributed by atoms with Crippen LogP contribution in [0.4, 0.5) is 5.69 Å². The van der Waals surface area contributed by atoms with Crippen LogP contribution in [0.25, 0.3) is 11.0 Å². The van der Waals surface area contributed by atoms with E-state index in [4.69, 9.17) is 16.0 Å². The summed E-state index contributed by atoms with van der Waals surface area (Å²) in [5.41, 5.74) is -0.176. The van der Waals surface area contributed by atoms with E-state index in [1.54, 1.807) is 30.3 Å². The molecule has 242 valence electrons. The van der Waals surface area contributed by atoms with Crippen LogP contribution in [0.3, 0.4) is 0 Å². The first-order chi connectivity index (χ1) is 22.2. The molecule has 2 heterocycles. The van der Waals surface area contributed by atoms with Crippen LogP contribution in [0.5, 0.6) is 0 Å². The molecule has 0 radical (unpaired) electrons. The van der Waals surface area contributed by atoms with Crippen LogP contribution in [0.15, 0.2) is 64.0 Å². The largest absolute Gasteiger partial charge is 0.466 e. The summed E-state index contributed by atoms with van der Waals surface area (Å²) < 4.78 is 11.5. The molecule has 2 aromatic heterocycles. The fraction of sp³-hybridized carbons (Fsp3) is 0.441. The maximum atomic E-state index is 13.5. The predicted octanol–water partition coefficient (Wildman–Crippen LogP) is 4.44. The minimum Gasteiger partial charge on any atom is -0.466 e. The maximum Gasteiger partial charge on any atom is 0.330 e. The molecule has 3 amide bonds. The van der Waals surface area contributed by atoms with Crippen LogP contribution < -0.4 is 21.5 Å². The first kappa shape index (κ1) is 31.6. The highest BCUT2D eigenvalue weighted by molar-refractivity contribution is 6.38. The standard InChI is InChI=1S/C34H37ClN4O7/c1-45-28(41)11-5-3-8-24(36-33(43)31-29(35)23-7-2-4-10-26(23)46-31)32(42)37-25-9-6-12-39(34(25)44)18-27(40)38-30-21-14-19-13-20(16-21)17-22(30)15-19/h2,4-7,9-12,19-22,24,30H,3,8,13-18H2,1H3,(H,36,43)(H,37,42)(H,38,40)/b11-5+. The monoisotopic (exact) mass is 648 g/mol. The van der Waals surface area contributed by atoms with E-state index in [0.29, 0.717) is 22.8 Å². The van der Waals surface area contributed by atoms with Gasteiger partial charge in [-0.3, -0.25) is 19.2 Å². The quantitative estimate of drug-likeness (QED) is 0.206. The van der Waals surface area contributed by atoms with Crippen molar-refractivity contribution in [1.29, 1.82) is 0 Å². The number of ether oxygens (including phenoxy) is 1. The lowest BCUT2D eigenvalue weighted by Gasteiger charge is -2.54. The van der Waals surface area contributed by atoms with E-state index >= 15 is 0 Å². The predicted molar refractivity (Wildman–Crippen MR) is 171 cm³/mol. The van der Waals surface area contributed by atoms with Crippen molar-refractivity contribution < 1.29 is 28.3 Å². The molecule has 0 saturated heterocycles. The van der Waals surface area contributed by atoms with Gasteiger partial charge in [0.1, 0.15) is 23.9 Å². The van der Waals surface area contributed by atoms with Gasteiger partial charge in [-0.15, -0.1) is 0 Å². The number of halogens is 1. The number of carbonyl (C=O) groups excluding carboxylic acids is 4. The van der Waals surface area contributed by atoms with Crippen molar-refractivity contribution in [3.63, 3.8) is 0 Å². The van der Waals surface area contributed by atoms with Crippen LogP contribution in [-0.2, 0) is 25.7 Å². The number of allylic oxidation sites excluding steroid dienone is 1. The number of methoxy groups -OCH3 is 1. The number of carbonyl (C=O) groups is 4. The summed E-state index contributed by atoms with van der Waals surface area (Å²) in [6.07, 6.45) is 10.5. The van der Waals surface area contributed by atoms with Crippen LogP contribution in [0.1, 0.15) is 55.5 Å². The van der Waals surface area contributed by atoms with Gasteiger partial charge in [0.2, 0.25) is 17.6 Å². The number of hydrogen-bond donors (Lipinski definition) is 3. The van der Waals surface area contributed by atoms with Crippen molar-refractivity contribution in [3.05, 3.63) is 75.9 Å². The summed E-state index contributed by atoms with van der Waals surface area (Å²) in [4.78, 5) is 64.6. The molecule has 1 atom stereocenters. The number of rotatable bonds is 11. The van der Waals surface area contributed by atoms with Gasteiger partial charge in [-0.25, -0.2) is 4.79 Å². The minimum absolute atomic E-state index is 0.0407. The molecule has 4 aliphatic rings. The number of anilines is 1. The molecular weight excluding hydrogens is 612 g/mol. The zero-order valence-corrected chi connectivity index (χ0v) is 26.3. The molecule has 4 saturated carbocycles. The Balaban J connectivity index is 1.13. The van der Waals surface area contributed by atoms with Crippen molar-refractivity contribution in [3.8, 4) is 0 Å². The fourth-order valence-corrected chi connectivity index (χ4v) is 7.97. The van der Waals surface area contributed by atoms with E-state index < -0.39 is 29.4 Å². The van der Waals surface area contributed by atoms with Gasteiger partial charge in [0.15, 0.2) is 0 Å². The summed E-state index contributed by atoms with van der Waals surface area (Å²) in [6, 6.07) is 8.92.